The molecule has 1 aliphatic carbocycles. The first-order valence-electron chi connectivity index (χ1n) is 6.66. The molecule has 0 bridgehead atoms. The lowest BCUT2D eigenvalue weighted by Gasteiger charge is -2.21. The third-order valence-corrected chi connectivity index (χ3v) is 3.51. The van der Waals surface area contributed by atoms with Crippen LogP contribution in [-0.4, -0.2) is 17.4 Å². The molecule has 98 valence electrons. The molecule has 0 aliphatic heterocycles. The number of amides is 1. The van der Waals surface area contributed by atoms with Crippen molar-refractivity contribution in [2.75, 3.05) is 6.54 Å². The summed E-state index contributed by atoms with van der Waals surface area (Å²) in [6.07, 6.45) is 7.52. The van der Waals surface area contributed by atoms with Gasteiger partial charge in [0.2, 0.25) is 5.95 Å². The quantitative estimate of drug-likeness (QED) is 0.835. The van der Waals surface area contributed by atoms with Crippen LogP contribution in [0.15, 0.2) is 18.2 Å². The van der Waals surface area contributed by atoms with E-state index < -0.39 is 5.95 Å². The summed E-state index contributed by atoms with van der Waals surface area (Å²) in [5.74, 6) is -0.167. The van der Waals surface area contributed by atoms with Crippen molar-refractivity contribution in [2.45, 2.75) is 38.5 Å². The van der Waals surface area contributed by atoms with Crippen LogP contribution in [0.5, 0.6) is 0 Å². The summed E-state index contributed by atoms with van der Waals surface area (Å²) >= 11 is 0. The van der Waals surface area contributed by atoms with Gasteiger partial charge >= 0.3 is 0 Å². The predicted molar refractivity (Wildman–Crippen MR) is 67.7 cm³/mol. The summed E-state index contributed by atoms with van der Waals surface area (Å²) in [5.41, 5.74) is 0.152. The third kappa shape index (κ3) is 3.79. The fourth-order valence-electron chi connectivity index (χ4n) is 2.49. The summed E-state index contributed by atoms with van der Waals surface area (Å²) < 4.78 is 12.8. The first-order valence-corrected chi connectivity index (χ1v) is 6.66. The van der Waals surface area contributed by atoms with Crippen LogP contribution in [0.4, 0.5) is 4.39 Å². The van der Waals surface area contributed by atoms with Gasteiger partial charge in [0.05, 0.1) is 0 Å². The lowest BCUT2D eigenvalue weighted by molar-refractivity contribution is 0.0944. The summed E-state index contributed by atoms with van der Waals surface area (Å²) in [7, 11) is 0. The van der Waals surface area contributed by atoms with E-state index in [1.54, 1.807) is 0 Å². The van der Waals surface area contributed by atoms with E-state index in [1.165, 1.54) is 50.3 Å². The van der Waals surface area contributed by atoms with Gasteiger partial charge in [0.15, 0.2) is 0 Å². The molecular formula is C14H19FN2O. The Morgan fingerprint density at radius 2 is 2.11 bits per heavy atom. The molecule has 0 spiro atoms. The molecule has 2 rings (SSSR count). The summed E-state index contributed by atoms with van der Waals surface area (Å²) in [5, 5.41) is 2.81. The normalized spacial score (nSPS) is 16.5. The molecule has 0 aromatic carbocycles. The SMILES string of the molecule is O=C(NCCC1CCCCC1)c1cccc(F)n1. The van der Waals surface area contributed by atoms with Crippen LogP contribution in [0.1, 0.15) is 49.0 Å². The second-order valence-electron chi connectivity index (χ2n) is 4.89. The Morgan fingerprint density at radius 3 is 2.83 bits per heavy atom. The van der Waals surface area contributed by atoms with Gasteiger partial charge in [-0.3, -0.25) is 4.79 Å². The van der Waals surface area contributed by atoms with E-state index in [2.05, 4.69) is 10.3 Å². The zero-order valence-corrected chi connectivity index (χ0v) is 10.5. The number of rotatable bonds is 4. The van der Waals surface area contributed by atoms with Crippen molar-refractivity contribution in [2.24, 2.45) is 5.92 Å². The Labute approximate surface area is 107 Å². The molecule has 1 saturated carbocycles. The highest BCUT2D eigenvalue weighted by atomic mass is 19.1. The van der Waals surface area contributed by atoms with E-state index in [1.807, 2.05) is 0 Å². The Kier molecular flexibility index (Phi) is 4.67. The van der Waals surface area contributed by atoms with Crippen LogP contribution in [0, 0.1) is 11.9 Å². The topological polar surface area (TPSA) is 42.0 Å². The summed E-state index contributed by atoms with van der Waals surface area (Å²) in [6, 6.07) is 4.26. The van der Waals surface area contributed by atoms with E-state index in [9.17, 15) is 9.18 Å². The van der Waals surface area contributed by atoms with Crippen molar-refractivity contribution in [1.29, 1.82) is 0 Å². The Balaban J connectivity index is 1.74. The largest absolute Gasteiger partial charge is 0.351 e. The number of nitrogens with one attached hydrogen (secondary N) is 1. The average Bonchev–Trinajstić information content (AvgIpc) is 2.40. The average molecular weight is 250 g/mol. The predicted octanol–water partition coefficient (Wildman–Crippen LogP) is 2.92. The van der Waals surface area contributed by atoms with Gasteiger partial charge in [-0.25, -0.2) is 4.98 Å². The summed E-state index contributed by atoms with van der Waals surface area (Å²) in [4.78, 5) is 15.3. The molecule has 1 aromatic rings. The van der Waals surface area contributed by atoms with E-state index in [-0.39, 0.29) is 11.6 Å². The maximum atomic E-state index is 12.8. The molecule has 4 heteroatoms. The van der Waals surface area contributed by atoms with Crippen molar-refractivity contribution < 1.29 is 9.18 Å². The minimum Gasteiger partial charge on any atom is -0.351 e. The molecule has 0 saturated heterocycles. The fourth-order valence-corrected chi connectivity index (χ4v) is 2.49. The molecule has 1 heterocycles. The van der Waals surface area contributed by atoms with Crippen molar-refractivity contribution in [1.82, 2.24) is 10.3 Å². The zero-order chi connectivity index (χ0) is 12.8. The summed E-state index contributed by atoms with van der Waals surface area (Å²) in [6.45, 7) is 0.654. The Morgan fingerprint density at radius 1 is 1.33 bits per heavy atom. The second kappa shape index (κ2) is 6.47. The lowest BCUT2D eigenvalue weighted by atomic mass is 9.87. The van der Waals surface area contributed by atoms with Crippen molar-refractivity contribution in [3.63, 3.8) is 0 Å². The molecule has 0 unspecified atom stereocenters. The number of hydrogen-bond acceptors (Lipinski definition) is 2. The van der Waals surface area contributed by atoms with Gasteiger partial charge in [0, 0.05) is 6.54 Å². The van der Waals surface area contributed by atoms with Gasteiger partial charge in [0.25, 0.3) is 5.91 Å². The van der Waals surface area contributed by atoms with Gasteiger partial charge in [-0.2, -0.15) is 4.39 Å². The second-order valence-corrected chi connectivity index (χ2v) is 4.89. The first kappa shape index (κ1) is 13.0. The van der Waals surface area contributed by atoms with E-state index in [0.29, 0.717) is 6.54 Å². The molecule has 0 radical (unpaired) electrons. The highest BCUT2D eigenvalue weighted by Gasteiger charge is 2.14. The maximum absolute atomic E-state index is 12.8. The molecular weight excluding hydrogens is 231 g/mol. The number of pyridine rings is 1. The highest BCUT2D eigenvalue weighted by Crippen LogP contribution is 2.25. The van der Waals surface area contributed by atoms with Gasteiger partial charge in [-0.15, -0.1) is 0 Å². The van der Waals surface area contributed by atoms with Gasteiger partial charge in [0.1, 0.15) is 5.69 Å². The number of aromatic nitrogens is 1. The number of halogens is 1. The Hall–Kier alpha value is -1.45. The Bertz CT molecular complexity index is 403. The van der Waals surface area contributed by atoms with Crippen LogP contribution in [0.2, 0.25) is 0 Å². The molecule has 3 nitrogen and oxygen atoms in total. The van der Waals surface area contributed by atoms with Crippen LogP contribution in [0.25, 0.3) is 0 Å². The van der Waals surface area contributed by atoms with Crippen molar-refractivity contribution >= 4 is 5.91 Å². The van der Waals surface area contributed by atoms with Crippen molar-refractivity contribution in [3.8, 4) is 0 Å². The molecule has 1 amide bonds. The fraction of sp³-hybridized carbons (Fsp3) is 0.571. The standard InChI is InChI=1S/C14H19FN2O/c15-13-8-4-7-12(17-13)14(18)16-10-9-11-5-2-1-3-6-11/h4,7-8,11H,1-3,5-6,9-10H2,(H,16,18). The van der Waals surface area contributed by atoms with Crippen LogP contribution in [0.3, 0.4) is 0 Å². The van der Waals surface area contributed by atoms with Crippen LogP contribution >= 0.6 is 0 Å². The first-order chi connectivity index (χ1) is 8.75. The highest BCUT2D eigenvalue weighted by molar-refractivity contribution is 5.92. The van der Waals surface area contributed by atoms with Gasteiger partial charge < -0.3 is 5.32 Å². The van der Waals surface area contributed by atoms with E-state index in [4.69, 9.17) is 0 Å². The number of carbonyl (C=O) groups is 1. The van der Waals surface area contributed by atoms with Crippen LogP contribution < -0.4 is 5.32 Å². The number of carbonyl (C=O) groups excluding carboxylic acids is 1. The molecule has 1 N–H and O–H groups in total. The minimum absolute atomic E-state index is 0.152. The lowest BCUT2D eigenvalue weighted by Crippen LogP contribution is -2.27. The smallest absolute Gasteiger partial charge is 0.269 e. The molecule has 1 aliphatic rings. The number of hydrogen-bond donors (Lipinski definition) is 1. The number of nitrogens with zero attached hydrogens (tertiary/aromatic N) is 1. The molecule has 0 atom stereocenters. The van der Waals surface area contributed by atoms with E-state index in [0.717, 1.165) is 12.3 Å². The zero-order valence-electron chi connectivity index (χ0n) is 10.5. The van der Waals surface area contributed by atoms with Gasteiger partial charge in [-0.1, -0.05) is 38.2 Å². The maximum Gasteiger partial charge on any atom is 0.269 e. The molecule has 18 heavy (non-hydrogen) atoms. The third-order valence-electron chi connectivity index (χ3n) is 3.51. The monoisotopic (exact) mass is 250 g/mol. The molecule has 1 aromatic heterocycles. The van der Waals surface area contributed by atoms with Gasteiger partial charge in [-0.05, 0) is 24.5 Å². The van der Waals surface area contributed by atoms with Crippen LogP contribution in [-0.2, 0) is 0 Å². The minimum atomic E-state index is -0.616. The van der Waals surface area contributed by atoms with Crippen molar-refractivity contribution in [3.05, 3.63) is 29.8 Å². The molecule has 1 fully saturated rings. The van der Waals surface area contributed by atoms with E-state index >= 15 is 0 Å².